The summed E-state index contributed by atoms with van der Waals surface area (Å²) < 4.78 is 11.2. The zero-order valence-corrected chi connectivity index (χ0v) is 15.7. The molecule has 2 N–H and O–H groups in total. The highest BCUT2D eigenvalue weighted by Crippen LogP contribution is 2.17. The van der Waals surface area contributed by atoms with Crippen molar-refractivity contribution >= 4 is 5.96 Å². The van der Waals surface area contributed by atoms with Crippen LogP contribution >= 0.6 is 0 Å². The Bertz CT molecular complexity index is 690. The van der Waals surface area contributed by atoms with Gasteiger partial charge in [-0.1, -0.05) is 23.4 Å². The van der Waals surface area contributed by atoms with E-state index in [-0.39, 0.29) is 6.10 Å². The molecule has 0 aliphatic heterocycles. The van der Waals surface area contributed by atoms with Gasteiger partial charge in [0.2, 0.25) is 0 Å². The summed E-state index contributed by atoms with van der Waals surface area (Å²) in [6, 6.07) is 8.03. The Morgan fingerprint density at radius 3 is 2.64 bits per heavy atom. The minimum atomic E-state index is 0.0298. The van der Waals surface area contributed by atoms with Crippen molar-refractivity contribution in [2.75, 3.05) is 20.1 Å². The summed E-state index contributed by atoms with van der Waals surface area (Å²) >= 11 is 0. The van der Waals surface area contributed by atoms with E-state index in [0.29, 0.717) is 6.54 Å². The molecule has 1 aromatic carbocycles. The van der Waals surface area contributed by atoms with E-state index in [1.54, 1.807) is 7.05 Å². The Balaban J connectivity index is 1.75. The molecule has 1 heterocycles. The molecule has 1 unspecified atom stereocenters. The van der Waals surface area contributed by atoms with E-state index >= 15 is 0 Å². The van der Waals surface area contributed by atoms with Crippen LogP contribution in [0.2, 0.25) is 0 Å². The lowest BCUT2D eigenvalue weighted by Gasteiger charge is -2.18. The number of para-hydroxylation sites is 1. The average molecular weight is 344 g/mol. The lowest BCUT2D eigenvalue weighted by Crippen LogP contribution is -2.42. The zero-order valence-electron chi connectivity index (χ0n) is 15.7. The van der Waals surface area contributed by atoms with Gasteiger partial charge in [-0.05, 0) is 45.7 Å². The van der Waals surface area contributed by atoms with E-state index in [1.165, 1.54) is 0 Å². The number of aromatic nitrogens is 1. The minimum absolute atomic E-state index is 0.0298. The van der Waals surface area contributed by atoms with Crippen molar-refractivity contribution in [1.29, 1.82) is 0 Å². The number of ether oxygens (including phenoxy) is 1. The highest BCUT2D eigenvalue weighted by Gasteiger charge is 2.10. The Hall–Kier alpha value is -2.50. The lowest BCUT2D eigenvalue weighted by molar-refractivity contribution is 0.222. The second-order valence-corrected chi connectivity index (χ2v) is 6.13. The molecule has 0 amide bonds. The maximum Gasteiger partial charge on any atom is 0.191 e. The van der Waals surface area contributed by atoms with Crippen molar-refractivity contribution in [3.8, 4) is 5.75 Å². The van der Waals surface area contributed by atoms with Gasteiger partial charge in [-0.3, -0.25) is 4.99 Å². The van der Waals surface area contributed by atoms with Crippen molar-refractivity contribution in [3.05, 3.63) is 46.8 Å². The van der Waals surface area contributed by atoms with Crippen LogP contribution in [0.15, 0.2) is 33.8 Å². The van der Waals surface area contributed by atoms with E-state index in [2.05, 4.69) is 20.8 Å². The standard InChI is InChI=1S/C19H28N4O2/c1-13-8-6-7-9-18(13)24-14(2)12-22-19(20-5)21-11-10-17-15(3)23-25-16(17)4/h6-9,14H,10-12H2,1-5H3,(H2,20,21,22). The number of nitrogens with zero attached hydrogens (tertiary/aromatic N) is 2. The van der Waals surface area contributed by atoms with E-state index < -0.39 is 0 Å². The minimum Gasteiger partial charge on any atom is -0.489 e. The Kier molecular flexibility index (Phi) is 6.86. The van der Waals surface area contributed by atoms with Crippen molar-refractivity contribution < 1.29 is 9.26 Å². The molecule has 6 heteroatoms. The van der Waals surface area contributed by atoms with Crippen LogP contribution in [0.3, 0.4) is 0 Å². The van der Waals surface area contributed by atoms with Crippen LogP contribution in [0.1, 0.15) is 29.5 Å². The smallest absolute Gasteiger partial charge is 0.191 e. The molecule has 1 atom stereocenters. The van der Waals surface area contributed by atoms with Crippen LogP contribution in [-0.2, 0) is 6.42 Å². The van der Waals surface area contributed by atoms with Crippen LogP contribution in [0.5, 0.6) is 5.75 Å². The first kappa shape index (κ1) is 18.8. The molecular formula is C19H28N4O2. The third-order valence-electron chi connectivity index (χ3n) is 4.05. The Morgan fingerprint density at radius 2 is 2.00 bits per heavy atom. The number of nitrogens with one attached hydrogen (secondary N) is 2. The topological polar surface area (TPSA) is 71.7 Å². The first-order chi connectivity index (χ1) is 12.0. The second-order valence-electron chi connectivity index (χ2n) is 6.13. The van der Waals surface area contributed by atoms with E-state index in [9.17, 15) is 0 Å². The molecule has 0 fully saturated rings. The average Bonchev–Trinajstić information content (AvgIpc) is 2.91. The van der Waals surface area contributed by atoms with Crippen LogP contribution in [0.4, 0.5) is 0 Å². The van der Waals surface area contributed by atoms with Gasteiger partial charge in [0.15, 0.2) is 5.96 Å². The molecule has 0 spiro atoms. The number of benzene rings is 1. The SMILES string of the molecule is CN=C(NCCc1c(C)noc1C)NCC(C)Oc1ccccc1C. The molecule has 0 aliphatic rings. The molecule has 0 saturated carbocycles. The number of hydrogen-bond donors (Lipinski definition) is 2. The van der Waals surface area contributed by atoms with Crippen LogP contribution in [0, 0.1) is 20.8 Å². The van der Waals surface area contributed by atoms with Crippen LogP contribution in [-0.4, -0.2) is 37.4 Å². The van der Waals surface area contributed by atoms with Gasteiger partial charge in [0.1, 0.15) is 17.6 Å². The van der Waals surface area contributed by atoms with Crippen molar-refractivity contribution in [3.63, 3.8) is 0 Å². The predicted octanol–water partition coefficient (Wildman–Crippen LogP) is 2.77. The van der Waals surface area contributed by atoms with Gasteiger partial charge in [-0.25, -0.2) is 0 Å². The summed E-state index contributed by atoms with van der Waals surface area (Å²) in [6.07, 6.45) is 0.874. The lowest BCUT2D eigenvalue weighted by atomic mass is 10.1. The number of hydrogen-bond acceptors (Lipinski definition) is 4. The number of aryl methyl sites for hydroxylation is 3. The van der Waals surface area contributed by atoms with Crippen molar-refractivity contribution in [2.45, 2.75) is 40.2 Å². The summed E-state index contributed by atoms with van der Waals surface area (Å²) in [6.45, 7) is 9.41. The summed E-state index contributed by atoms with van der Waals surface area (Å²) in [5.74, 6) is 2.55. The third-order valence-corrected chi connectivity index (χ3v) is 4.05. The van der Waals surface area contributed by atoms with Gasteiger partial charge < -0.3 is 19.9 Å². The van der Waals surface area contributed by atoms with Gasteiger partial charge in [0, 0.05) is 19.2 Å². The third kappa shape index (κ3) is 5.52. The first-order valence-electron chi connectivity index (χ1n) is 8.59. The van der Waals surface area contributed by atoms with Gasteiger partial charge in [-0.2, -0.15) is 0 Å². The molecule has 2 aromatic rings. The maximum absolute atomic E-state index is 5.97. The molecule has 0 saturated heterocycles. The maximum atomic E-state index is 5.97. The van der Waals surface area contributed by atoms with E-state index in [4.69, 9.17) is 9.26 Å². The van der Waals surface area contributed by atoms with Crippen LogP contribution in [0.25, 0.3) is 0 Å². The van der Waals surface area contributed by atoms with Gasteiger partial charge in [-0.15, -0.1) is 0 Å². The summed E-state index contributed by atoms with van der Waals surface area (Å²) in [7, 11) is 1.76. The molecule has 0 aliphatic carbocycles. The number of guanidine groups is 1. The summed E-state index contributed by atoms with van der Waals surface area (Å²) in [5.41, 5.74) is 3.23. The summed E-state index contributed by atoms with van der Waals surface area (Å²) in [4.78, 5) is 4.25. The first-order valence-corrected chi connectivity index (χ1v) is 8.59. The van der Waals surface area contributed by atoms with Gasteiger partial charge in [0.25, 0.3) is 0 Å². The second kappa shape index (κ2) is 9.11. The molecule has 25 heavy (non-hydrogen) atoms. The Labute approximate surface area is 149 Å². The normalized spacial score (nSPS) is 12.8. The number of aliphatic imine (C=N–C) groups is 1. The molecule has 0 bridgehead atoms. The quantitative estimate of drug-likeness (QED) is 0.597. The van der Waals surface area contributed by atoms with Crippen LogP contribution < -0.4 is 15.4 Å². The Morgan fingerprint density at radius 1 is 1.24 bits per heavy atom. The summed E-state index contributed by atoms with van der Waals surface area (Å²) in [5, 5.41) is 10.6. The molecule has 1 aromatic heterocycles. The molecule has 2 rings (SSSR count). The van der Waals surface area contributed by atoms with E-state index in [0.717, 1.165) is 47.3 Å². The fraction of sp³-hybridized carbons (Fsp3) is 0.474. The molecular weight excluding hydrogens is 316 g/mol. The zero-order chi connectivity index (χ0) is 18.2. The molecule has 6 nitrogen and oxygen atoms in total. The van der Waals surface area contributed by atoms with Crippen molar-refractivity contribution in [2.24, 2.45) is 4.99 Å². The fourth-order valence-corrected chi connectivity index (χ4v) is 2.57. The predicted molar refractivity (Wildman–Crippen MR) is 100 cm³/mol. The highest BCUT2D eigenvalue weighted by atomic mass is 16.5. The largest absolute Gasteiger partial charge is 0.489 e. The molecule has 0 radical (unpaired) electrons. The highest BCUT2D eigenvalue weighted by molar-refractivity contribution is 5.79. The fourth-order valence-electron chi connectivity index (χ4n) is 2.57. The van der Waals surface area contributed by atoms with Crippen molar-refractivity contribution in [1.82, 2.24) is 15.8 Å². The number of rotatable bonds is 7. The van der Waals surface area contributed by atoms with Gasteiger partial charge >= 0.3 is 0 Å². The molecule has 136 valence electrons. The van der Waals surface area contributed by atoms with Gasteiger partial charge in [0.05, 0.1) is 12.2 Å². The monoisotopic (exact) mass is 344 g/mol. The van der Waals surface area contributed by atoms with E-state index in [1.807, 2.05) is 52.0 Å².